The summed E-state index contributed by atoms with van der Waals surface area (Å²) in [5, 5.41) is 0. The van der Waals surface area contributed by atoms with Crippen LogP contribution in [0.4, 0.5) is 13.2 Å². The number of ether oxygens (including phenoxy) is 1. The highest BCUT2D eigenvalue weighted by Gasteiger charge is 2.38. The van der Waals surface area contributed by atoms with Crippen LogP contribution in [-0.4, -0.2) is 53.8 Å². The van der Waals surface area contributed by atoms with Gasteiger partial charge in [-0.2, -0.15) is 13.2 Å². The lowest BCUT2D eigenvalue weighted by Gasteiger charge is -2.20. The first kappa shape index (κ1) is 22.0. The molecule has 4 rings (SSSR count). The second-order valence-electron chi connectivity index (χ2n) is 7.93. The van der Waals surface area contributed by atoms with Crippen molar-refractivity contribution in [1.82, 2.24) is 9.80 Å². The van der Waals surface area contributed by atoms with Crippen LogP contribution in [0.25, 0.3) is 0 Å². The van der Waals surface area contributed by atoms with E-state index in [1.807, 2.05) is 0 Å². The van der Waals surface area contributed by atoms with Crippen LogP contribution in [0.15, 0.2) is 42.5 Å². The van der Waals surface area contributed by atoms with Gasteiger partial charge in [0.1, 0.15) is 0 Å². The first-order chi connectivity index (χ1) is 15.2. The van der Waals surface area contributed by atoms with Crippen LogP contribution >= 0.6 is 0 Å². The second-order valence-corrected chi connectivity index (χ2v) is 7.93. The van der Waals surface area contributed by atoms with Crippen molar-refractivity contribution in [2.75, 3.05) is 20.2 Å². The van der Waals surface area contributed by atoms with Gasteiger partial charge in [-0.25, -0.2) is 0 Å². The van der Waals surface area contributed by atoms with Gasteiger partial charge in [0.2, 0.25) is 0 Å². The van der Waals surface area contributed by atoms with E-state index in [-0.39, 0.29) is 41.4 Å². The maximum absolute atomic E-state index is 13.2. The molecule has 1 fully saturated rings. The normalized spacial score (nSPS) is 18.2. The molecule has 9 heteroatoms. The van der Waals surface area contributed by atoms with Gasteiger partial charge in [-0.15, -0.1) is 0 Å². The summed E-state index contributed by atoms with van der Waals surface area (Å²) >= 11 is 0. The molecule has 0 N–H and O–H groups in total. The van der Waals surface area contributed by atoms with E-state index in [4.69, 9.17) is 4.74 Å². The fourth-order valence-electron chi connectivity index (χ4n) is 4.06. The van der Waals surface area contributed by atoms with Crippen molar-refractivity contribution in [2.45, 2.75) is 31.7 Å². The number of imide groups is 1. The molecular weight excluding hydrogens is 425 g/mol. The SMILES string of the molecule is CN(Cc1ccccc1C(F)(F)F)C(=O)c1ccc2c(c1)C(=O)N(CC1CCCO1)C2=O. The van der Waals surface area contributed by atoms with Gasteiger partial charge in [0.15, 0.2) is 0 Å². The third-order valence-corrected chi connectivity index (χ3v) is 5.70. The van der Waals surface area contributed by atoms with E-state index in [9.17, 15) is 27.6 Å². The zero-order valence-corrected chi connectivity index (χ0v) is 17.3. The summed E-state index contributed by atoms with van der Waals surface area (Å²) in [5.41, 5.74) is -0.404. The van der Waals surface area contributed by atoms with E-state index in [0.717, 1.165) is 28.7 Å². The van der Waals surface area contributed by atoms with Gasteiger partial charge in [0, 0.05) is 25.8 Å². The standard InChI is InChI=1S/C23H21F3N2O4/c1-27(12-15-5-2-3-7-19(15)23(24,25)26)20(29)14-8-9-17-18(11-14)22(31)28(21(17)30)13-16-6-4-10-32-16/h2-3,5,7-9,11,16H,4,6,10,12-13H2,1H3. The van der Waals surface area contributed by atoms with Crippen molar-refractivity contribution >= 4 is 17.7 Å². The second kappa shape index (κ2) is 8.38. The fourth-order valence-corrected chi connectivity index (χ4v) is 4.06. The Hall–Kier alpha value is -3.20. The predicted octanol–water partition coefficient (Wildman–Crippen LogP) is 3.75. The number of rotatable bonds is 5. The number of alkyl halides is 3. The maximum Gasteiger partial charge on any atom is 0.416 e. The molecule has 168 valence electrons. The Labute approximate surface area is 182 Å². The molecule has 2 aliphatic heterocycles. The fraction of sp³-hybridized carbons (Fsp3) is 0.348. The molecular formula is C23H21F3N2O4. The number of hydrogen-bond donors (Lipinski definition) is 0. The van der Waals surface area contributed by atoms with E-state index >= 15 is 0 Å². The summed E-state index contributed by atoms with van der Waals surface area (Å²) in [7, 11) is 1.39. The molecule has 1 unspecified atom stereocenters. The number of nitrogens with zero attached hydrogens (tertiary/aromatic N) is 2. The molecule has 0 aliphatic carbocycles. The predicted molar refractivity (Wildman–Crippen MR) is 108 cm³/mol. The monoisotopic (exact) mass is 446 g/mol. The Bertz CT molecular complexity index is 1080. The zero-order valence-electron chi connectivity index (χ0n) is 17.3. The summed E-state index contributed by atoms with van der Waals surface area (Å²) < 4.78 is 45.3. The summed E-state index contributed by atoms with van der Waals surface area (Å²) in [6, 6.07) is 9.21. The van der Waals surface area contributed by atoms with Crippen LogP contribution in [0.2, 0.25) is 0 Å². The molecule has 2 aromatic carbocycles. The van der Waals surface area contributed by atoms with Crippen LogP contribution < -0.4 is 0 Å². The largest absolute Gasteiger partial charge is 0.416 e. The number of halogens is 3. The minimum absolute atomic E-state index is 0.0361. The van der Waals surface area contributed by atoms with Crippen molar-refractivity contribution in [3.05, 3.63) is 70.3 Å². The molecule has 1 saturated heterocycles. The van der Waals surface area contributed by atoms with Crippen molar-refractivity contribution in [3.63, 3.8) is 0 Å². The third-order valence-electron chi connectivity index (χ3n) is 5.70. The lowest BCUT2D eigenvalue weighted by atomic mass is 10.0. The maximum atomic E-state index is 13.2. The number of fused-ring (bicyclic) bond motifs is 1. The Balaban J connectivity index is 1.53. The molecule has 32 heavy (non-hydrogen) atoms. The van der Waals surface area contributed by atoms with Gasteiger partial charge in [-0.05, 0) is 42.7 Å². The van der Waals surface area contributed by atoms with E-state index in [2.05, 4.69) is 0 Å². The van der Waals surface area contributed by atoms with Crippen molar-refractivity contribution < 1.29 is 32.3 Å². The van der Waals surface area contributed by atoms with Gasteiger partial charge in [-0.1, -0.05) is 18.2 Å². The molecule has 3 amide bonds. The molecule has 6 nitrogen and oxygen atoms in total. The molecule has 0 bridgehead atoms. The Morgan fingerprint density at radius 1 is 1.12 bits per heavy atom. The lowest BCUT2D eigenvalue weighted by Crippen LogP contribution is -2.36. The van der Waals surface area contributed by atoms with Crippen LogP contribution in [0.3, 0.4) is 0 Å². The topological polar surface area (TPSA) is 66.9 Å². The van der Waals surface area contributed by atoms with Crippen LogP contribution in [0.1, 0.15) is 55.0 Å². The van der Waals surface area contributed by atoms with E-state index in [1.54, 1.807) is 0 Å². The highest BCUT2D eigenvalue weighted by Crippen LogP contribution is 2.32. The number of benzene rings is 2. The zero-order chi connectivity index (χ0) is 23.0. The summed E-state index contributed by atoms with van der Waals surface area (Å²) in [5.74, 6) is -1.49. The van der Waals surface area contributed by atoms with Crippen molar-refractivity contribution in [1.29, 1.82) is 0 Å². The van der Waals surface area contributed by atoms with Crippen LogP contribution in [0, 0.1) is 0 Å². The third kappa shape index (κ3) is 4.12. The smallest absolute Gasteiger partial charge is 0.376 e. The van der Waals surface area contributed by atoms with Crippen LogP contribution in [-0.2, 0) is 17.5 Å². The number of carbonyl (C=O) groups excluding carboxylic acids is 3. The lowest BCUT2D eigenvalue weighted by molar-refractivity contribution is -0.138. The van der Waals surface area contributed by atoms with Crippen molar-refractivity contribution in [2.24, 2.45) is 0 Å². The van der Waals surface area contributed by atoms with Gasteiger partial charge >= 0.3 is 6.18 Å². The number of hydrogen-bond acceptors (Lipinski definition) is 4. The summed E-state index contributed by atoms with van der Waals surface area (Å²) in [6.45, 7) is 0.490. The minimum Gasteiger partial charge on any atom is -0.376 e. The molecule has 0 saturated carbocycles. The highest BCUT2D eigenvalue weighted by molar-refractivity contribution is 6.22. The average molecular weight is 446 g/mol. The molecule has 0 spiro atoms. The van der Waals surface area contributed by atoms with Gasteiger partial charge in [0.25, 0.3) is 17.7 Å². The van der Waals surface area contributed by atoms with Gasteiger partial charge in [-0.3, -0.25) is 19.3 Å². The Morgan fingerprint density at radius 3 is 2.53 bits per heavy atom. The first-order valence-electron chi connectivity index (χ1n) is 10.2. The molecule has 0 aromatic heterocycles. The Morgan fingerprint density at radius 2 is 1.84 bits per heavy atom. The summed E-state index contributed by atoms with van der Waals surface area (Å²) in [6.07, 6.45) is -3.09. The highest BCUT2D eigenvalue weighted by atomic mass is 19.4. The Kier molecular flexibility index (Phi) is 5.77. The van der Waals surface area contributed by atoms with Crippen molar-refractivity contribution in [3.8, 4) is 0 Å². The van der Waals surface area contributed by atoms with E-state index in [1.165, 1.54) is 43.4 Å². The average Bonchev–Trinajstić information content (AvgIpc) is 3.35. The minimum atomic E-state index is -4.53. The molecule has 2 aliphatic rings. The molecule has 2 aromatic rings. The van der Waals surface area contributed by atoms with E-state index < -0.39 is 29.5 Å². The van der Waals surface area contributed by atoms with E-state index in [0.29, 0.717) is 6.61 Å². The number of amides is 3. The van der Waals surface area contributed by atoms with Gasteiger partial charge < -0.3 is 9.64 Å². The molecule has 1 atom stereocenters. The number of carbonyl (C=O) groups is 3. The molecule has 2 heterocycles. The van der Waals surface area contributed by atoms with Gasteiger partial charge in [0.05, 0.1) is 29.3 Å². The first-order valence-corrected chi connectivity index (χ1v) is 10.2. The quantitative estimate of drug-likeness (QED) is 0.657. The van der Waals surface area contributed by atoms with Crippen LogP contribution in [0.5, 0.6) is 0 Å². The summed E-state index contributed by atoms with van der Waals surface area (Å²) in [4.78, 5) is 40.6. The molecule has 0 radical (unpaired) electrons.